The average Bonchev–Trinajstić information content (AvgIpc) is 2.27. The van der Waals surface area contributed by atoms with E-state index in [1.54, 1.807) is 24.9 Å². The topological polar surface area (TPSA) is 73.7 Å². The molecule has 18 heavy (non-hydrogen) atoms. The molecule has 0 bridgehead atoms. The molecule has 0 spiro atoms. The Hall–Kier alpha value is -1.62. The van der Waals surface area contributed by atoms with Gasteiger partial charge in [0.25, 0.3) is 0 Å². The lowest BCUT2D eigenvalue weighted by atomic mass is 10.1. The molecule has 2 N–H and O–H groups in total. The summed E-state index contributed by atoms with van der Waals surface area (Å²) < 4.78 is 0. The Labute approximate surface area is 107 Å². The zero-order valence-electron chi connectivity index (χ0n) is 11.2. The van der Waals surface area contributed by atoms with Crippen molar-refractivity contribution < 1.29 is 15.0 Å². The number of likely N-dealkylation sites (N-methyl/N-ethyl adjacent to an activating group) is 1. The van der Waals surface area contributed by atoms with Crippen molar-refractivity contribution in [3.05, 3.63) is 23.4 Å². The van der Waals surface area contributed by atoms with Crippen LogP contribution in [-0.4, -0.2) is 40.9 Å². The Morgan fingerprint density at radius 1 is 1.39 bits per heavy atom. The minimum absolute atomic E-state index is 0.156. The van der Waals surface area contributed by atoms with Gasteiger partial charge < -0.3 is 15.1 Å². The van der Waals surface area contributed by atoms with Gasteiger partial charge in [0, 0.05) is 19.3 Å². The van der Waals surface area contributed by atoms with Crippen molar-refractivity contribution in [3.63, 3.8) is 0 Å². The molecule has 0 aliphatic carbocycles. The van der Waals surface area contributed by atoms with E-state index in [9.17, 15) is 9.90 Å². The standard InChI is InChI=1S/C13H20N2O3/c1-8(2)11-5-10(13(17)18)6-12(14-11)15(4)7-9(3)16/h5-6,8-9,16H,7H2,1-4H3,(H,17,18). The number of pyridine rings is 1. The molecule has 0 amide bonds. The minimum atomic E-state index is -0.967. The van der Waals surface area contributed by atoms with E-state index in [0.29, 0.717) is 12.4 Å². The van der Waals surface area contributed by atoms with Gasteiger partial charge in [0.05, 0.1) is 11.7 Å². The van der Waals surface area contributed by atoms with Crippen LogP contribution in [0.2, 0.25) is 0 Å². The molecule has 1 aromatic rings. The molecule has 1 unspecified atom stereocenters. The highest BCUT2D eigenvalue weighted by atomic mass is 16.4. The van der Waals surface area contributed by atoms with Crippen molar-refractivity contribution >= 4 is 11.8 Å². The third-order valence-corrected chi connectivity index (χ3v) is 2.60. The van der Waals surface area contributed by atoms with Gasteiger partial charge in [-0.3, -0.25) is 0 Å². The molecule has 0 aliphatic heterocycles. The van der Waals surface area contributed by atoms with Crippen LogP contribution < -0.4 is 4.90 Å². The molecular weight excluding hydrogens is 232 g/mol. The van der Waals surface area contributed by atoms with Gasteiger partial charge >= 0.3 is 5.97 Å². The quantitative estimate of drug-likeness (QED) is 0.834. The van der Waals surface area contributed by atoms with Crippen molar-refractivity contribution in [3.8, 4) is 0 Å². The van der Waals surface area contributed by atoms with E-state index in [1.807, 2.05) is 13.8 Å². The van der Waals surface area contributed by atoms with Gasteiger partial charge in [0.2, 0.25) is 0 Å². The molecule has 1 heterocycles. The van der Waals surface area contributed by atoms with Gasteiger partial charge in [0.15, 0.2) is 0 Å². The number of carboxylic acid groups (broad SMARTS) is 1. The summed E-state index contributed by atoms with van der Waals surface area (Å²) in [6.07, 6.45) is -0.493. The fourth-order valence-corrected chi connectivity index (χ4v) is 1.64. The highest BCUT2D eigenvalue weighted by Crippen LogP contribution is 2.19. The lowest BCUT2D eigenvalue weighted by Crippen LogP contribution is -2.28. The number of aromatic nitrogens is 1. The molecule has 1 aromatic heterocycles. The van der Waals surface area contributed by atoms with E-state index in [1.165, 1.54) is 6.07 Å². The predicted octanol–water partition coefficient (Wildman–Crippen LogP) is 1.72. The highest BCUT2D eigenvalue weighted by Gasteiger charge is 2.13. The number of carbonyl (C=O) groups is 1. The number of carboxylic acids is 1. The monoisotopic (exact) mass is 252 g/mol. The Morgan fingerprint density at radius 3 is 2.44 bits per heavy atom. The number of aliphatic hydroxyl groups is 1. The number of hydrogen-bond acceptors (Lipinski definition) is 4. The number of anilines is 1. The van der Waals surface area contributed by atoms with E-state index in [-0.39, 0.29) is 11.5 Å². The first kappa shape index (κ1) is 14.4. The number of rotatable bonds is 5. The van der Waals surface area contributed by atoms with Gasteiger partial charge in [-0.15, -0.1) is 0 Å². The van der Waals surface area contributed by atoms with Crippen molar-refractivity contribution in [2.45, 2.75) is 32.8 Å². The van der Waals surface area contributed by atoms with Crippen molar-refractivity contribution in [2.75, 3.05) is 18.5 Å². The van der Waals surface area contributed by atoms with E-state index in [4.69, 9.17) is 5.11 Å². The maximum absolute atomic E-state index is 11.1. The van der Waals surface area contributed by atoms with Crippen LogP contribution in [0.5, 0.6) is 0 Å². The van der Waals surface area contributed by atoms with Gasteiger partial charge in [-0.1, -0.05) is 13.8 Å². The van der Waals surface area contributed by atoms with Gasteiger partial charge in [-0.2, -0.15) is 0 Å². The zero-order valence-corrected chi connectivity index (χ0v) is 11.2. The Bertz CT molecular complexity index is 430. The van der Waals surface area contributed by atoms with Crippen LogP contribution >= 0.6 is 0 Å². The summed E-state index contributed by atoms with van der Waals surface area (Å²) in [5.41, 5.74) is 0.962. The third-order valence-electron chi connectivity index (χ3n) is 2.60. The number of aromatic carboxylic acids is 1. The van der Waals surface area contributed by atoms with Gasteiger partial charge in [-0.05, 0) is 25.0 Å². The number of nitrogens with zero attached hydrogens (tertiary/aromatic N) is 2. The molecule has 5 heteroatoms. The molecule has 0 fully saturated rings. The maximum Gasteiger partial charge on any atom is 0.335 e. The summed E-state index contributed by atoms with van der Waals surface area (Å²) in [4.78, 5) is 17.2. The zero-order chi connectivity index (χ0) is 13.9. The van der Waals surface area contributed by atoms with Gasteiger partial charge in [-0.25, -0.2) is 9.78 Å². The molecule has 0 radical (unpaired) electrons. The molecule has 0 saturated heterocycles. The van der Waals surface area contributed by atoms with E-state index in [2.05, 4.69) is 4.98 Å². The van der Waals surface area contributed by atoms with Crippen LogP contribution in [0.3, 0.4) is 0 Å². The fraction of sp³-hybridized carbons (Fsp3) is 0.538. The number of aliphatic hydroxyl groups excluding tert-OH is 1. The summed E-state index contributed by atoms with van der Waals surface area (Å²) in [6, 6.07) is 3.11. The highest BCUT2D eigenvalue weighted by molar-refractivity contribution is 5.88. The van der Waals surface area contributed by atoms with Crippen LogP contribution in [-0.2, 0) is 0 Å². The SMILES string of the molecule is CC(O)CN(C)c1cc(C(=O)O)cc(C(C)C)n1. The van der Waals surface area contributed by atoms with E-state index >= 15 is 0 Å². The predicted molar refractivity (Wildman–Crippen MR) is 70.2 cm³/mol. The lowest BCUT2D eigenvalue weighted by molar-refractivity contribution is 0.0696. The summed E-state index contributed by atoms with van der Waals surface area (Å²) in [6.45, 7) is 6.02. The maximum atomic E-state index is 11.1. The van der Waals surface area contributed by atoms with Crippen molar-refractivity contribution in [1.29, 1.82) is 0 Å². The molecule has 0 aliphatic rings. The lowest BCUT2D eigenvalue weighted by Gasteiger charge is -2.21. The Morgan fingerprint density at radius 2 is 2.00 bits per heavy atom. The van der Waals surface area contributed by atoms with Crippen LogP contribution in [0.1, 0.15) is 42.7 Å². The molecule has 1 atom stereocenters. The summed E-state index contributed by atoms with van der Waals surface area (Å²) in [5, 5.41) is 18.4. The summed E-state index contributed by atoms with van der Waals surface area (Å²) >= 11 is 0. The van der Waals surface area contributed by atoms with Crippen molar-refractivity contribution in [2.24, 2.45) is 0 Å². The largest absolute Gasteiger partial charge is 0.478 e. The number of hydrogen-bond donors (Lipinski definition) is 2. The second kappa shape index (κ2) is 5.82. The van der Waals surface area contributed by atoms with Crippen LogP contribution in [0.15, 0.2) is 12.1 Å². The smallest absolute Gasteiger partial charge is 0.335 e. The van der Waals surface area contributed by atoms with Crippen molar-refractivity contribution in [1.82, 2.24) is 4.98 Å². The van der Waals surface area contributed by atoms with Crippen LogP contribution in [0.4, 0.5) is 5.82 Å². The van der Waals surface area contributed by atoms with Gasteiger partial charge in [0.1, 0.15) is 5.82 Å². The first-order valence-corrected chi connectivity index (χ1v) is 5.95. The van der Waals surface area contributed by atoms with Crippen LogP contribution in [0, 0.1) is 0 Å². The minimum Gasteiger partial charge on any atom is -0.478 e. The Balaban J connectivity index is 3.14. The Kier molecular flexibility index (Phi) is 4.67. The second-order valence-corrected chi connectivity index (χ2v) is 4.83. The molecule has 0 saturated carbocycles. The van der Waals surface area contributed by atoms with E-state index in [0.717, 1.165) is 5.69 Å². The first-order chi connectivity index (χ1) is 8.31. The average molecular weight is 252 g/mol. The molecular formula is C13H20N2O3. The summed E-state index contributed by atoms with van der Waals surface area (Å²) in [5.74, 6) is -0.242. The molecule has 5 nitrogen and oxygen atoms in total. The fourth-order valence-electron chi connectivity index (χ4n) is 1.64. The summed E-state index contributed by atoms with van der Waals surface area (Å²) in [7, 11) is 1.78. The first-order valence-electron chi connectivity index (χ1n) is 5.95. The second-order valence-electron chi connectivity index (χ2n) is 4.83. The molecule has 100 valence electrons. The van der Waals surface area contributed by atoms with Crippen LogP contribution in [0.25, 0.3) is 0 Å². The molecule has 0 aromatic carbocycles. The normalized spacial score (nSPS) is 12.6. The third kappa shape index (κ3) is 3.70. The molecule has 1 rings (SSSR count). The van der Waals surface area contributed by atoms with E-state index < -0.39 is 12.1 Å².